The van der Waals surface area contributed by atoms with Crippen molar-refractivity contribution in [2.75, 3.05) is 0 Å². The average molecular weight is 602 g/mol. The lowest BCUT2D eigenvalue weighted by Crippen LogP contribution is -1.94. The van der Waals surface area contributed by atoms with E-state index >= 15 is 0 Å². The molecule has 46 heavy (non-hydrogen) atoms. The van der Waals surface area contributed by atoms with E-state index in [-0.39, 0.29) is 0 Å². The fourth-order valence-corrected chi connectivity index (χ4v) is 8.61. The molecular weight excluding hydrogens is 575 g/mol. The lowest BCUT2D eigenvalue weighted by molar-refractivity contribution is 1.19. The Labute approximate surface area is 271 Å². The molecule has 2 heteroatoms. The van der Waals surface area contributed by atoms with Gasteiger partial charge in [-0.05, 0) is 80.6 Å². The molecule has 0 spiro atoms. The van der Waals surface area contributed by atoms with Gasteiger partial charge in [0.2, 0.25) is 0 Å². The molecule has 9 aromatic rings. The van der Waals surface area contributed by atoms with Crippen molar-refractivity contribution < 1.29 is 0 Å². The molecule has 0 bridgehead atoms. The first-order valence-corrected chi connectivity index (χ1v) is 16.6. The van der Waals surface area contributed by atoms with Gasteiger partial charge in [0, 0.05) is 37.0 Å². The van der Waals surface area contributed by atoms with Crippen molar-refractivity contribution in [2.24, 2.45) is 0 Å². The van der Waals surface area contributed by atoms with Crippen molar-refractivity contribution in [3.8, 4) is 39.1 Å². The van der Waals surface area contributed by atoms with E-state index in [0.29, 0.717) is 0 Å². The van der Waals surface area contributed by atoms with E-state index in [1.165, 1.54) is 92.2 Å². The van der Waals surface area contributed by atoms with Crippen molar-refractivity contribution in [2.45, 2.75) is 9.79 Å². The zero-order chi connectivity index (χ0) is 30.2. The van der Waals surface area contributed by atoms with Crippen molar-refractivity contribution in [1.29, 1.82) is 0 Å². The topological polar surface area (TPSA) is 4.93 Å². The van der Waals surface area contributed by atoms with E-state index < -0.39 is 0 Å². The van der Waals surface area contributed by atoms with Crippen LogP contribution in [0.5, 0.6) is 0 Å². The second-order valence-corrected chi connectivity index (χ2v) is 13.2. The van der Waals surface area contributed by atoms with E-state index in [1.54, 1.807) is 0 Å². The van der Waals surface area contributed by atoms with Crippen LogP contribution in [0.25, 0.3) is 82.4 Å². The highest BCUT2D eigenvalue weighted by Gasteiger charge is 2.20. The maximum absolute atomic E-state index is 2.43. The number of hydrogen-bond acceptors (Lipinski definition) is 1. The van der Waals surface area contributed by atoms with E-state index in [0.717, 1.165) is 0 Å². The normalized spacial score (nSPS) is 12.3. The van der Waals surface area contributed by atoms with E-state index in [4.69, 9.17) is 0 Å². The molecule has 0 aliphatic carbocycles. The predicted octanol–water partition coefficient (Wildman–Crippen LogP) is 12.6. The van der Waals surface area contributed by atoms with Gasteiger partial charge < -0.3 is 4.57 Å². The molecule has 0 fully saturated rings. The number of aromatic nitrogens is 1. The van der Waals surface area contributed by atoms with Gasteiger partial charge in [-0.1, -0.05) is 139 Å². The molecule has 8 aromatic carbocycles. The Hall–Kier alpha value is -5.57. The second-order valence-electron chi connectivity index (χ2n) is 12.1. The Morgan fingerprint density at radius 3 is 2.04 bits per heavy atom. The number of fused-ring (bicyclic) bond motifs is 7. The Morgan fingerprint density at radius 2 is 1.13 bits per heavy atom. The molecular formula is C44H27NS. The third-order valence-corrected chi connectivity index (χ3v) is 10.7. The highest BCUT2D eigenvalue weighted by atomic mass is 32.2. The summed E-state index contributed by atoms with van der Waals surface area (Å²) in [6.07, 6.45) is 0. The molecule has 1 aliphatic heterocycles. The molecule has 0 unspecified atom stereocenters. The lowest BCUT2D eigenvalue weighted by Gasteiger charge is -2.21. The zero-order valence-corrected chi connectivity index (χ0v) is 25.8. The van der Waals surface area contributed by atoms with Crippen LogP contribution >= 0.6 is 11.8 Å². The van der Waals surface area contributed by atoms with Crippen LogP contribution in [0.4, 0.5) is 0 Å². The number of benzene rings is 8. The molecule has 0 radical (unpaired) electrons. The molecule has 0 amide bonds. The Bertz CT molecular complexity index is 2650. The molecule has 2 heterocycles. The van der Waals surface area contributed by atoms with Gasteiger partial charge in [-0.25, -0.2) is 0 Å². The number of hydrogen-bond donors (Lipinski definition) is 0. The van der Waals surface area contributed by atoms with Crippen LogP contribution in [-0.4, -0.2) is 4.57 Å². The molecule has 0 atom stereocenters. The first kappa shape index (κ1) is 25.7. The van der Waals surface area contributed by atoms with Crippen LogP contribution in [-0.2, 0) is 0 Å². The zero-order valence-electron chi connectivity index (χ0n) is 24.9. The van der Waals surface area contributed by atoms with E-state index in [1.807, 2.05) is 11.8 Å². The summed E-state index contributed by atoms with van der Waals surface area (Å²) >= 11 is 1.88. The molecule has 1 aromatic heterocycles. The minimum atomic E-state index is 1.18. The van der Waals surface area contributed by atoms with Crippen LogP contribution in [0.1, 0.15) is 0 Å². The van der Waals surface area contributed by atoms with Crippen LogP contribution in [0.15, 0.2) is 174 Å². The van der Waals surface area contributed by atoms with Crippen molar-refractivity contribution in [3.05, 3.63) is 164 Å². The van der Waals surface area contributed by atoms with Gasteiger partial charge in [-0.15, -0.1) is 0 Å². The second kappa shape index (κ2) is 9.97. The highest BCUT2D eigenvalue weighted by molar-refractivity contribution is 7.99. The first-order chi connectivity index (χ1) is 22.8. The Kier molecular flexibility index (Phi) is 5.58. The van der Waals surface area contributed by atoms with E-state index in [9.17, 15) is 0 Å². The predicted molar refractivity (Wildman–Crippen MR) is 196 cm³/mol. The minimum Gasteiger partial charge on any atom is -0.309 e. The fourth-order valence-electron chi connectivity index (χ4n) is 7.48. The maximum atomic E-state index is 2.43. The van der Waals surface area contributed by atoms with Gasteiger partial charge >= 0.3 is 0 Å². The summed E-state index contributed by atoms with van der Waals surface area (Å²) < 4.78 is 2.43. The van der Waals surface area contributed by atoms with Gasteiger partial charge in [-0.2, -0.15) is 0 Å². The average Bonchev–Trinajstić information content (AvgIpc) is 3.47. The van der Waals surface area contributed by atoms with Crippen LogP contribution in [0.3, 0.4) is 0 Å². The van der Waals surface area contributed by atoms with Gasteiger partial charge in [0.15, 0.2) is 0 Å². The molecule has 1 nitrogen and oxygen atoms in total. The number of nitrogens with zero attached hydrogens (tertiary/aromatic N) is 1. The summed E-state index contributed by atoms with van der Waals surface area (Å²) in [6.45, 7) is 0. The monoisotopic (exact) mass is 601 g/mol. The lowest BCUT2D eigenvalue weighted by atomic mass is 9.92. The summed E-state index contributed by atoms with van der Waals surface area (Å²) in [4.78, 5) is 2.66. The minimum absolute atomic E-state index is 1.18. The van der Waals surface area contributed by atoms with Crippen LogP contribution in [0.2, 0.25) is 0 Å². The molecule has 0 saturated carbocycles. The third kappa shape index (κ3) is 3.77. The maximum Gasteiger partial charge on any atom is 0.0619 e. The smallest absolute Gasteiger partial charge is 0.0619 e. The van der Waals surface area contributed by atoms with Crippen molar-refractivity contribution >= 4 is 55.1 Å². The van der Waals surface area contributed by atoms with E-state index in [2.05, 4.69) is 168 Å². The molecule has 1 aliphatic rings. The summed E-state index contributed by atoms with van der Waals surface area (Å²) in [5.74, 6) is 0. The number of rotatable bonds is 3. The quantitative estimate of drug-likeness (QED) is 0.195. The van der Waals surface area contributed by atoms with Gasteiger partial charge in [0.1, 0.15) is 0 Å². The molecule has 10 rings (SSSR count). The van der Waals surface area contributed by atoms with Gasteiger partial charge in [0.25, 0.3) is 0 Å². The SMILES string of the molecule is c1ccc(-n2c3ccc(-c4ccc(-c5ccc6c7c(cccc57)-c5ccccc5S6)cc4)cc3c3ccc4ccccc4c32)cc1. The summed E-state index contributed by atoms with van der Waals surface area (Å²) in [5.41, 5.74) is 11.3. The Morgan fingerprint density at radius 1 is 0.391 bits per heavy atom. The van der Waals surface area contributed by atoms with Crippen LogP contribution < -0.4 is 0 Å². The van der Waals surface area contributed by atoms with Gasteiger partial charge in [0.05, 0.1) is 11.0 Å². The van der Waals surface area contributed by atoms with Crippen LogP contribution in [0, 0.1) is 0 Å². The summed E-state index contributed by atoms with van der Waals surface area (Å²) in [5, 5.41) is 7.75. The molecule has 214 valence electrons. The third-order valence-electron chi connectivity index (χ3n) is 9.60. The standard InChI is InChI=1S/C44H27NS/c1-2-10-32(11-3-1)45-40-25-22-31(27-39(40)38-23-21-29-9-4-5-12-34(29)44(38)45)28-17-19-30(20-18-28)33-24-26-42-43-36(33)14-8-15-37(43)35-13-6-7-16-41(35)46-42/h1-27H. The molecule has 0 saturated heterocycles. The number of para-hydroxylation sites is 1. The van der Waals surface area contributed by atoms with Crippen molar-refractivity contribution in [3.63, 3.8) is 0 Å². The fraction of sp³-hybridized carbons (Fsp3) is 0. The first-order valence-electron chi connectivity index (χ1n) is 15.8. The summed E-state index contributed by atoms with van der Waals surface area (Å²) in [6, 6.07) is 60.2. The van der Waals surface area contributed by atoms with Gasteiger partial charge in [-0.3, -0.25) is 0 Å². The summed E-state index contributed by atoms with van der Waals surface area (Å²) in [7, 11) is 0. The molecule has 0 N–H and O–H groups in total. The Balaban J connectivity index is 1.11. The largest absolute Gasteiger partial charge is 0.309 e. The van der Waals surface area contributed by atoms with Crippen molar-refractivity contribution in [1.82, 2.24) is 4.57 Å². The highest BCUT2D eigenvalue weighted by Crippen LogP contribution is 2.49.